The van der Waals surface area contributed by atoms with Crippen LogP contribution in [0.2, 0.25) is 0 Å². The largest absolute Gasteiger partial charge is 0.449 e. The van der Waals surface area contributed by atoms with E-state index in [1.807, 2.05) is 48.5 Å². The van der Waals surface area contributed by atoms with Crippen LogP contribution in [0.4, 0.5) is 10.5 Å². The molecule has 0 bridgehead atoms. The third-order valence-electron chi connectivity index (χ3n) is 5.12. The summed E-state index contributed by atoms with van der Waals surface area (Å²) in [6, 6.07) is 24.0. The van der Waals surface area contributed by atoms with E-state index in [-0.39, 0.29) is 5.92 Å². The number of hydrogen-bond donors (Lipinski definition) is 1. The molecule has 0 heterocycles. The molecule has 0 aromatic heterocycles. The summed E-state index contributed by atoms with van der Waals surface area (Å²) in [7, 11) is 0. The van der Waals surface area contributed by atoms with Crippen LogP contribution in [0.25, 0.3) is 11.1 Å². The minimum absolute atomic E-state index is 0.0558. The van der Waals surface area contributed by atoms with Crippen LogP contribution < -0.4 is 5.32 Å². The molecule has 4 rings (SSSR count). The van der Waals surface area contributed by atoms with Gasteiger partial charge in [-0.15, -0.1) is 0 Å². The van der Waals surface area contributed by atoms with E-state index in [2.05, 4.69) is 63.8 Å². The number of fused-ring (bicyclic) bond motifs is 3. The van der Waals surface area contributed by atoms with Gasteiger partial charge in [-0.2, -0.15) is 4.99 Å². The van der Waals surface area contributed by atoms with Crippen LogP contribution in [0.1, 0.15) is 29.0 Å². The topological polar surface area (TPSA) is 50.7 Å². The zero-order valence-electron chi connectivity index (χ0n) is 16.8. The zero-order valence-corrected chi connectivity index (χ0v) is 17.6. The third kappa shape index (κ3) is 4.90. The summed E-state index contributed by atoms with van der Waals surface area (Å²) in [5, 5.41) is 5.11. The molecule has 0 saturated carbocycles. The van der Waals surface area contributed by atoms with Gasteiger partial charge in [0.2, 0.25) is 0 Å². The van der Waals surface area contributed by atoms with E-state index >= 15 is 0 Å². The number of amides is 1. The predicted octanol–water partition coefficient (Wildman–Crippen LogP) is 5.70. The van der Waals surface area contributed by atoms with E-state index in [0.717, 1.165) is 11.3 Å². The number of nitrogens with one attached hydrogen (secondary N) is 1. The smallest absolute Gasteiger partial charge is 0.407 e. The fourth-order valence-electron chi connectivity index (χ4n) is 3.75. The van der Waals surface area contributed by atoms with Crippen LogP contribution in [0.5, 0.6) is 0 Å². The Morgan fingerprint density at radius 1 is 1.00 bits per heavy atom. The van der Waals surface area contributed by atoms with Crippen LogP contribution in [-0.4, -0.2) is 24.4 Å². The summed E-state index contributed by atoms with van der Waals surface area (Å²) in [4.78, 5) is 16.1. The van der Waals surface area contributed by atoms with Crippen molar-refractivity contribution in [2.24, 2.45) is 4.99 Å². The summed E-state index contributed by atoms with van der Waals surface area (Å²) in [5.74, 6) is 6.15. The van der Waals surface area contributed by atoms with Crippen molar-refractivity contribution in [2.45, 2.75) is 12.3 Å². The molecule has 1 amide bonds. The Labute approximate surface area is 187 Å². The van der Waals surface area contributed by atoms with Crippen LogP contribution in [-0.2, 0) is 4.74 Å². The molecule has 3 aromatic carbocycles. The maximum absolute atomic E-state index is 12.2. The Morgan fingerprint density at radius 2 is 1.71 bits per heavy atom. The van der Waals surface area contributed by atoms with Crippen molar-refractivity contribution < 1.29 is 9.53 Å². The second-order valence-corrected chi connectivity index (χ2v) is 7.24. The molecule has 1 aliphatic rings. The molecule has 0 unspecified atom stereocenters. The molecule has 0 atom stereocenters. The number of hydrogen-bond acceptors (Lipinski definition) is 4. The maximum atomic E-state index is 12.2. The van der Waals surface area contributed by atoms with Gasteiger partial charge < -0.3 is 10.1 Å². The van der Waals surface area contributed by atoms with E-state index in [1.165, 1.54) is 22.3 Å². The van der Waals surface area contributed by atoms with Gasteiger partial charge in [0.15, 0.2) is 0 Å². The predicted molar refractivity (Wildman–Crippen MR) is 126 cm³/mol. The lowest BCUT2D eigenvalue weighted by Gasteiger charge is -2.14. The van der Waals surface area contributed by atoms with Crippen molar-refractivity contribution in [3.8, 4) is 23.0 Å². The first-order valence-electron chi connectivity index (χ1n) is 10.0. The van der Waals surface area contributed by atoms with Crippen molar-refractivity contribution in [1.29, 1.82) is 0 Å². The van der Waals surface area contributed by atoms with Crippen molar-refractivity contribution in [1.82, 2.24) is 5.32 Å². The van der Waals surface area contributed by atoms with Crippen LogP contribution in [0.3, 0.4) is 0 Å². The number of nitrogens with zero attached hydrogens (tertiary/aromatic N) is 1. The van der Waals surface area contributed by atoms with Gasteiger partial charge in [0.1, 0.15) is 6.61 Å². The Bertz CT molecular complexity index is 1170. The number of thiocarbonyl (C=S) groups is 1. The lowest BCUT2D eigenvalue weighted by atomic mass is 9.98. The van der Waals surface area contributed by atoms with E-state index in [0.29, 0.717) is 19.6 Å². The molecule has 1 aliphatic carbocycles. The highest BCUT2D eigenvalue weighted by atomic mass is 32.1. The Hall–Kier alpha value is -3.71. The summed E-state index contributed by atoms with van der Waals surface area (Å²) in [6.45, 7) is 0.722. The second kappa shape index (κ2) is 9.86. The van der Waals surface area contributed by atoms with E-state index in [4.69, 9.17) is 4.74 Å². The lowest BCUT2D eigenvalue weighted by Crippen LogP contribution is -2.26. The quantitative estimate of drug-likeness (QED) is 0.247. The number of ether oxygens (including phenoxy) is 1. The molecule has 0 radical (unpaired) electrons. The monoisotopic (exact) mass is 424 g/mol. The molecule has 0 saturated heterocycles. The summed E-state index contributed by atoms with van der Waals surface area (Å²) in [6.07, 6.45) is 0.0891. The second-order valence-electron chi connectivity index (χ2n) is 7.06. The average Bonchev–Trinajstić information content (AvgIpc) is 3.12. The van der Waals surface area contributed by atoms with Crippen molar-refractivity contribution in [3.63, 3.8) is 0 Å². The minimum Gasteiger partial charge on any atom is -0.449 e. The molecule has 0 aliphatic heterocycles. The molecule has 5 heteroatoms. The van der Waals surface area contributed by atoms with Gasteiger partial charge in [-0.1, -0.05) is 66.4 Å². The summed E-state index contributed by atoms with van der Waals surface area (Å²) in [5.41, 5.74) is 6.38. The Morgan fingerprint density at radius 3 is 2.42 bits per heavy atom. The SMILES string of the molecule is O=C(NCCC#Cc1cccc(N=C=S)c1)OCC1c2ccccc2-c2ccccc21. The number of aliphatic imine (C=N–C) groups is 1. The van der Waals surface area contributed by atoms with Crippen molar-refractivity contribution >= 4 is 29.2 Å². The minimum atomic E-state index is -0.430. The summed E-state index contributed by atoms with van der Waals surface area (Å²) < 4.78 is 5.52. The Balaban J connectivity index is 1.28. The first-order chi connectivity index (χ1) is 15.3. The highest BCUT2D eigenvalue weighted by Gasteiger charge is 2.28. The molecule has 152 valence electrons. The first kappa shape index (κ1) is 20.6. The van der Waals surface area contributed by atoms with Gasteiger partial charge >= 0.3 is 6.09 Å². The van der Waals surface area contributed by atoms with Gasteiger partial charge in [-0.25, -0.2) is 4.79 Å². The number of benzene rings is 3. The Kier molecular flexibility index (Phi) is 6.54. The number of alkyl carbamates (subject to hydrolysis) is 1. The number of isothiocyanates is 1. The molecule has 4 nitrogen and oxygen atoms in total. The molecule has 0 spiro atoms. The fourth-order valence-corrected chi connectivity index (χ4v) is 3.85. The molecule has 1 N–H and O–H groups in total. The molecule has 31 heavy (non-hydrogen) atoms. The van der Waals surface area contributed by atoms with Gasteiger partial charge in [-0.3, -0.25) is 0 Å². The molecular weight excluding hydrogens is 404 g/mol. The highest BCUT2D eigenvalue weighted by Crippen LogP contribution is 2.44. The van der Waals surface area contributed by atoms with Crippen molar-refractivity contribution in [2.75, 3.05) is 13.2 Å². The maximum Gasteiger partial charge on any atom is 0.407 e. The molecule has 0 fully saturated rings. The van der Waals surface area contributed by atoms with Crippen LogP contribution in [0, 0.1) is 11.8 Å². The first-order valence-corrected chi connectivity index (χ1v) is 10.4. The standard InChI is InChI=1S/C26H20N2O2S/c29-26(27-15-6-5-8-19-9-7-10-20(16-19)28-18-31)30-17-25-23-13-3-1-11-21(23)22-12-2-4-14-24(22)25/h1-4,7,9-14,16,25H,6,15,17H2,(H,27,29). The van der Waals surface area contributed by atoms with Crippen LogP contribution in [0.15, 0.2) is 77.8 Å². The fraction of sp³-hybridized carbons (Fsp3) is 0.154. The van der Waals surface area contributed by atoms with E-state index in [9.17, 15) is 4.79 Å². The van der Waals surface area contributed by atoms with Gasteiger partial charge in [0, 0.05) is 24.4 Å². The average molecular weight is 425 g/mol. The lowest BCUT2D eigenvalue weighted by molar-refractivity contribution is 0.143. The number of carbonyl (C=O) groups is 1. The molecule has 3 aromatic rings. The van der Waals surface area contributed by atoms with Gasteiger partial charge in [0.25, 0.3) is 0 Å². The number of rotatable bonds is 5. The zero-order chi connectivity index (χ0) is 21.5. The van der Waals surface area contributed by atoms with E-state index in [1.54, 1.807) is 0 Å². The molecular formula is C26H20N2O2S. The van der Waals surface area contributed by atoms with Gasteiger partial charge in [-0.05, 0) is 52.7 Å². The van der Waals surface area contributed by atoms with Gasteiger partial charge in [0.05, 0.1) is 10.8 Å². The van der Waals surface area contributed by atoms with Crippen LogP contribution >= 0.6 is 12.2 Å². The third-order valence-corrected chi connectivity index (χ3v) is 5.21. The number of carbonyl (C=O) groups excluding carboxylic acids is 1. The summed E-state index contributed by atoms with van der Waals surface area (Å²) >= 11 is 4.61. The van der Waals surface area contributed by atoms with Crippen molar-refractivity contribution in [3.05, 3.63) is 89.5 Å². The van der Waals surface area contributed by atoms with E-state index < -0.39 is 6.09 Å². The normalized spacial score (nSPS) is 11.4. The highest BCUT2D eigenvalue weighted by molar-refractivity contribution is 7.78.